The van der Waals surface area contributed by atoms with E-state index in [0.29, 0.717) is 19.4 Å². The molecule has 0 saturated heterocycles. The lowest BCUT2D eigenvalue weighted by Gasteiger charge is -1.93. The Morgan fingerprint density at radius 2 is 1.29 bits per heavy atom. The van der Waals surface area contributed by atoms with E-state index in [1.54, 1.807) is 0 Å². The predicted molar refractivity (Wildman–Crippen MR) is 73.0 cm³/mol. The van der Waals surface area contributed by atoms with Gasteiger partial charge in [-0.2, -0.15) is 0 Å². The van der Waals surface area contributed by atoms with E-state index in [1.807, 2.05) is 6.92 Å². The van der Waals surface area contributed by atoms with Gasteiger partial charge in [-0.3, -0.25) is 0 Å². The van der Waals surface area contributed by atoms with Gasteiger partial charge in [0, 0.05) is 19.4 Å². The summed E-state index contributed by atoms with van der Waals surface area (Å²) in [4.78, 5) is 0. The summed E-state index contributed by atoms with van der Waals surface area (Å²) in [5, 5.41) is 8.59. The first-order valence-electron chi connectivity index (χ1n) is 6.39. The van der Waals surface area contributed by atoms with Crippen LogP contribution in [0.25, 0.3) is 0 Å². The summed E-state index contributed by atoms with van der Waals surface area (Å²) in [6.45, 7) is 2.34. The van der Waals surface area contributed by atoms with Crippen LogP contribution in [0, 0.1) is 35.5 Å². The molecule has 0 unspecified atom stereocenters. The van der Waals surface area contributed by atoms with Crippen LogP contribution in [0.4, 0.5) is 0 Å². The minimum absolute atomic E-state index is 0.308. The molecule has 0 aliphatic heterocycles. The highest BCUT2D eigenvalue weighted by Gasteiger charge is 1.86. The quantitative estimate of drug-likeness (QED) is 0.568. The first-order valence-corrected chi connectivity index (χ1v) is 6.39. The summed E-state index contributed by atoms with van der Waals surface area (Å²) < 4.78 is 0. The predicted octanol–water partition coefficient (Wildman–Crippen LogP) is 3.13. The molecule has 0 aliphatic rings. The van der Waals surface area contributed by atoms with Crippen LogP contribution in [-0.2, 0) is 0 Å². The highest BCUT2D eigenvalue weighted by molar-refractivity contribution is 5.15. The topological polar surface area (TPSA) is 20.2 Å². The summed E-state index contributed by atoms with van der Waals surface area (Å²) in [6.07, 6.45) is 7.48. The number of aliphatic hydroxyl groups is 1. The molecule has 1 nitrogen and oxygen atoms in total. The summed E-state index contributed by atoms with van der Waals surface area (Å²) >= 11 is 0. The zero-order valence-electron chi connectivity index (χ0n) is 10.8. The van der Waals surface area contributed by atoms with Gasteiger partial charge in [0.1, 0.15) is 0 Å². The second kappa shape index (κ2) is 14.6. The fourth-order valence-corrected chi connectivity index (χ4v) is 1.23. The molecule has 0 spiro atoms. The van der Waals surface area contributed by atoms with Crippen LogP contribution < -0.4 is 0 Å². The Morgan fingerprint density at radius 1 is 0.706 bits per heavy atom. The standard InChI is InChI=1S/C16H22O/c1-2-3-4-5-6-7-8-9-10-11-12-13-14-15-16-17/h17H,2,5,8,11-16H2,1H3. The van der Waals surface area contributed by atoms with E-state index in [0.717, 1.165) is 38.5 Å². The van der Waals surface area contributed by atoms with Gasteiger partial charge in [0.15, 0.2) is 0 Å². The van der Waals surface area contributed by atoms with E-state index in [2.05, 4.69) is 35.5 Å². The lowest BCUT2D eigenvalue weighted by Crippen LogP contribution is -1.82. The molecule has 0 rings (SSSR count). The maximum absolute atomic E-state index is 8.59. The van der Waals surface area contributed by atoms with Gasteiger partial charge in [-0.05, 0) is 12.8 Å². The molecule has 0 fully saturated rings. The lowest BCUT2D eigenvalue weighted by molar-refractivity contribution is 0.282. The Hall–Kier alpha value is -1.36. The molecule has 92 valence electrons. The van der Waals surface area contributed by atoms with E-state index >= 15 is 0 Å². The maximum atomic E-state index is 8.59. The van der Waals surface area contributed by atoms with Crippen molar-refractivity contribution in [2.75, 3.05) is 6.61 Å². The summed E-state index contributed by atoms with van der Waals surface area (Å²) in [5.74, 6) is 18.1. The minimum atomic E-state index is 0.308. The number of aliphatic hydroxyl groups excluding tert-OH is 1. The van der Waals surface area contributed by atoms with Gasteiger partial charge in [0.2, 0.25) is 0 Å². The number of hydrogen-bond donors (Lipinski definition) is 1. The van der Waals surface area contributed by atoms with Crippen molar-refractivity contribution >= 4 is 0 Å². The Morgan fingerprint density at radius 3 is 1.94 bits per heavy atom. The van der Waals surface area contributed by atoms with Crippen molar-refractivity contribution in [3.8, 4) is 35.5 Å². The number of unbranched alkanes of at least 4 members (excludes halogenated alkanes) is 4. The van der Waals surface area contributed by atoms with Crippen molar-refractivity contribution in [3.05, 3.63) is 0 Å². The molecule has 0 aromatic carbocycles. The van der Waals surface area contributed by atoms with Crippen molar-refractivity contribution < 1.29 is 5.11 Å². The van der Waals surface area contributed by atoms with Crippen molar-refractivity contribution in [2.45, 2.75) is 58.3 Å². The van der Waals surface area contributed by atoms with E-state index in [4.69, 9.17) is 5.11 Å². The van der Waals surface area contributed by atoms with Crippen LogP contribution in [0.3, 0.4) is 0 Å². The first kappa shape index (κ1) is 15.6. The summed E-state index contributed by atoms with van der Waals surface area (Å²) in [5.41, 5.74) is 0. The van der Waals surface area contributed by atoms with Crippen LogP contribution in [0.15, 0.2) is 0 Å². The Labute approximate surface area is 106 Å². The maximum Gasteiger partial charge on any atom is 0.0702 e. The average molecular weight is 230 g/mol. The molecular weight excluding hydrogens is 208 g/mol. The van der Waals surface area contributed by atoms with Gasteiger partial charge < -0.3 is 5.11 Å². The number of rotatable bonds is 5. The molecule has 1 heteroatoms. The fraction of sp³-hybridized carbons (Fsp3) is 0.625. The van der Waals surface area contributed by atoms with Crippen LogP contribution >= 0.6 is 0 Å². The van der Waals surface area contributed by atoms with Gasteiger partial charge in [-0.15, -0.1) is 11.8 Å². The van der Waals surface area contributed by atoms with Crippen LogP contribution in [-0.4, -0.2) is 11.7 Å². The molecule has 0 saturated carbocycles. The van der Waals surface area contributed by atoms with Gasteiger partial charge >= 0.3 is 0 Å². The van der Waals surface area contributed by atoms with Crippen molar-refractivity contribution in [1.29, 1.82) is 0 Å². The third kappa shape index (κ3) is 14.6. The lowest BCUT2D eigenvalue weighted by atomic mass is 10.1. The third-order valence-corrected chi connectivity index (χ3v) is 2.12. The van der Waals surface area contributed by atoms with Crippen LogP contribution in [0.1, 0.15) is 58.3 Å². The molecule has 0 heterocycles. The molecule has 1 N–H and O–H groups in total. The summed E-state index contributed by atoms with van der Waals surface area (Å²) in [7, 11) is 0. The highest BCUT2D eigenvalue weighted by atomic mass is 16.2. The van der Waals surface area contributed by atoms with E-state index in [-0.39, 0.29) is 0 Å². The minimum Gasteiger partial charge on any atom is -0.396 e. The van der Waals surface area contributed by atoms with Gasteiger partial charge in [0.25, 0.3) is 0 Å². The SMILES string of the molecule is CCC#CCC#CCC#CCCCCCCO. The normalized spacial score (nSPS) is 8.12. The average Bonchev–Trinajstić information content (AvgIpc) is 2.35. The largest absolute Gasteiger partial charge is 0.396 e. The molecule has 17 heavy (non-hydrogen) atoms. The molecule has 0 aromatic heterocycles. The van der Waals surface area contributed by atoms with E-state index < -0.39 is 0 Å². The van der Waals surface area contributed by atoms with Gasteiger partial charge in [-0.1, -0.05) is 43.4 Å². The molecule has 0 aromatic rings. The van der Waals surface area contributed by atoms with Crippen LogP contribution in [0.2, 0.25) is 0 Å². The molecular formula is C16H22O. The smallest absolute Gasteiger partial charge is 0.0702 e. The monoisotopic (exact) mass is 230 g/mol. The Bertz CT molecular complexity index is 335. The molecule has 0 atom stereocenters. The Balaban J connectivity index is 3.36. The zero-order chi connectivity index (χ0) is 12.6. The number of hydrogen-bond acceptors (Lipinski definition) is 1. The second-order valence-corrected chi connectivity index (χ2v) is 3.66. The zero-order valence-corrected chi connectivity index (χ0v) is 10.8. The highest BCUT2D eigenvalue weighted by Crippen LogP contribution is 2.01. The molecule has 0 aliphatic carbocycles. The van der Waals surface area contributed by atoms with E-state index in [1.165, 1.54) is 0 Å². The molecule has 0 amide bonds. The van der Waals surface area contributed by atoms with Gasteiger partial charge in [-0.25, -0.2) is 0 Å². The van der Waals surface area contributed by atoms with Crippen molar-refractivity contribution in [2.24, 2.45) is 0 Å². The van der Waals surface area contributed by atoms with Crippen LogP contribution in [0.5, 0.6) is 0 Å². The first-order chi connectivity index (χ1) is 8.41. The fourth-order valence-electron chi connectivity index (χ4n) is 1.23. The van der Waals surface area contributed by atoms with Gasteiger partial charge in [0.05, 0.1) is 12.8 Å². The molecule has 0 bridgehead atoms. The Kier molecular flexibility index (Phi) is 13.5. The van der Waals surface area contributed by atoms with E-state index in [9.17, 15) is 0 Å². The van der Waals surface area contributed by atoms with Crippen molar-refractivity contribution in [1.82, 2.24) is 0 Å². The second-order valence-electron chi connectivity index (χ2n) is 3.66. The third-order valence-electron chi connectivity index (χ3n) is 2.12. The van der Waals surface area contributed by atoms with Crippen molar-refractivity contribution in [3.63, 3.8) is 0 Å². The molecule has 0 radical (unpaired) electrons. The summed E-state index contributed by atoms with van der Waals surface area (Å²) in [6, 6.07) is 0.